The molecule has 0 radical (unpaired) electrons. The molecule has 1 heterocycles. The maximum absolute atomic E-state index is 8.49. The first-order chi connectivity index (χ1) is 11.6. The number of benzene rings is 2. The Morgan fingerprint density at radius 3 is 1.76 bits per heavy atom. The molecule has 2 aromatic carbocycles. The van der Waals surface area contributed by atoms with Crippen LogP contribution in [0.25, 0.3) is 16.9 Å². The number of nitrogens with zero attached hydrogens (tertiary/aromatic N) is 3. The molecule has 0 atom stereocenters. The van der Waals surface area contributed by atoms with Gasteiger partial charge >= 0.3 is 0 Å². The van der Waals surface area contributed by atoms with E-state index in [0.29, 0.717) is 0 Å². The molecule has 3 rings (SSSR count). The van der Waals surface area contributed by atoms with Gasteiger partial charge in [0.05, 0.1) is 5.10 Å². The minimum absolute atomic E-state index is 0.980. The highest BCUT2D eigenvalue weighted by Gasteiger charge is 2.16. The summed E-state index contributed by atoms with van der Waals surface area (Å²) in [5.74, 6) is 0. The highest BCUT2D eigenvalue weighted by molar-refractivity contribution is 5.57. The van der Waals surface area contributed by atoms with Crippen LogP contribution in [0, 0.1) is 24.1 Å². The van der Waals surface area contributed by atoms with Crippen molar-refractivity contribution in [2.45, 2.75) is 13.8 Å². The molecule has 8 heteroatoms. The Kier molecular flexibility index (Phi) is 5.89. The Morgan fingerprint density at radius 1 is 0.840 bits per heavy atom. The van der Waals surface area contributed by atoms with Crippen molar-refractivity contribution >= 4 is 0 Å². The minimum atomic E-state index is -4.94. The summed E-state index contributed by atoms with van der Waals surface area (Å²) in [7, 11) is -2.94. The van der Waals surface area contributed by atoms with Crippen molar-refractivity contribution in [3.8, 4) is 16.9 Å². The third-order valence-corrected chi connectivity index (χ3v) is 3.42. The second kappa shape index (κ2) is 7.73. The van der Waals surface area contributed by atoms with E-state index in [1.54, 1.807) is 0 Å². The van der Waals surface area contributed by atoms with Gasteiger partial charge in [0.1, 0.15) is 12.7 Å². The number of hydrogen-bond donors (Lipinski definition) is 0. The SMILES string of the molecule is Cc1ccc(-c2c[n+](C)n(-c3ccc(C)cc3)n2)cc1.[O-][Cl+3]([O-])([O-])[O-]. The van der Waals surface area contributed by atoms with Crippen LogP contribution in [-0.2, 0) is 7.05 Å². The van der Waals surface area contributed by atoms with E-state index in [1.807, 2.05) is 22.7 Å². The normalized spacial score (nSPS) is 11.0. The van der Waals surface area contributed by atoms with Gasteiger partial charge in [0.2, 0.25) is 5.69 Å². The maximum atomic E-state index is 8.49. The molecule has 3 aromatic rings. The molecule has 7 nitrogen and oxygen atoms in total. The lowest BCUT2D eigenvalue weighted by atomic mass is 10.1. The molecule has 0 unspecified atom stereocenters. The largest absolute Gasteiger partial charge is 0.249 e. The van der Waals surface area contributed by atoms with Gasteiger partial charge in [-0.25, -0.2) is 18.6 Å². The van der Waals surface area contributed by atoms with Crippen LogP contribution >= 0.6 is 0 Å². The smallest absolute Gasteiger partial charge is 0.222 e. The fraction of sp³-hybridized carbons (Fsp3) is 0.176. The Hall–Kier alpha value is -2.29. The summed E-state index contributed by atoms with van der Waals surface area (Å²) in [5.41, 5.74) is 5.69. The molecule has 0 fully saturated rings. The van der Waals surface area contributed by atoms with Crippen molar-refractivity contribution in [1.29, 1.82) is 0 Å². The lowest BCUT2D eigenvalue weighted by Gasteiger charge is -2.17. The fourth-order valence-corrected chi connectivity index (χ4v) is 2.20. The molecular weight excluding hydrogens is 346 g/mol. The summed E-state index contributed by atoms with van der Waals surface area (Å²) in [6.07, 6.45) is 2.05. The van der Waals surface area contributed by atoms with Gasteiger partial charge < -0.3 is 0 Å². The van der Waals surface area contributed by atoms with E-state index < -0.39 is 10.2 Å². The summed E-state index contributed by atoms with van der Waals surface area (Å²) in [4.78, 5) is 1.91. The van der Waals surface area contributed by atoms with Crippen molar-refractivity contribution in [1.82, 2.24) is 9.90 Å². The summed E-state index contributed by atoms with van der Waals surface area (Å²) >= 11 is 0. The number of halogens is 1. The van der Waals surface area contributed by atoms with Crippen LogP contribution < -0.4 is 23.3 Å². The van der Waals surface area contributed by atoms with Crippen LogP contribution in [0.2, 0.25) is 0 Å². The molecule has 0 spiro atoms. The summed E-state index contributed by atoms with van der Waals surface area (Å²) in [6.45, 7) is 4.18. The first-order valence-electron chi connectivity index (χ1n) is 7.35. The molecule has 0 aliphatic heterocycles. The zero-order valence-electron chi connectivity index (χ0n) is 14.0. The standard InChI is InChI=1S/C17H18N3.ClHO4/c1-13-4-8-15(9-5-13)17-12-19(3)20(18-17)16-10-6-14(2)7-11-16;2-1(3,4)5/h4-12H,1-3H3;(H,2,3,4,5)/q+1;/p-1. The van der Waals surface area contributed by atoms with Crippen LogP contribution in [0.1, 0.15) is 11.1 Å². The molecule has 0 aliphatic carbocycles. The predicted molar refractivity (Wildman–Crippen MR) is 79.7 cm³/mol. The summed E-state index contributed by atoms with van der Waals surface area (Å²) < 4.78 is 36.0. The van der Waals surface area contributed by atoms with Crippen molar-refractivity contribution in [3.05, 3.63) is 65.9 Å². The lowest BCUT2D eigenvalue weighted by molar-refractivity contribution is -2.00. The van der Waals surface area contributed by atoms with E-state index >= 15 is 0 Å². The quantitative estimate of drug-likeness (QED) is 0.500. The summed E-state index contributed by atoms with van der Waals surface area (Å²) in [6, 6.07) is 16.8. The van der Waals surface area contributed by atoms with Crippen LogP contribution in [-0.4, -0.2) is 9.90 Å². The van der Waals surface area contributed by atoms with Gasteiger partial charge in [-0.3, -0.25) is 0 Å². The average Bonchev–Trinajstić information content (AvgIpc) is 2.89. The molecule has 0 saturated carbocycles. The van der Waals surface area contributed by atoms with Crippen LogP contribution in [0.15, 0.2) is 54.7 Å². The number of hydrogen-bond acceptors (Lipinski definition) is 5. The van der Waals surface area contributed by atoms with Crippen molar-refractivity contribution in [3.63, 3.8) is 0 Å². The molecule has 0 bridgehead atoms. The molecule has 1 aromatic heterocycles. The van der Waals surface area contributed by atoms with E-state index in [2.05, 4.69) is 67.5 Å². The zero-order chi connectivity index (χ0) is 18.6. The zero-order valence-corrected chi connectivity index (χ0v) is 14.8. The first kappa shape index (κ1) is 19.0. The van der Waals surface area contributed by atoms with Gasteiger partial charge in [-0.05, 0) is 30.8 Å². The second-order valence-corrected chi connectivity index (χ2v) is 6.31. The van der Waals surface area contributed by atoms with E-state index in [1.165, 1.54) is 11.1 Å². The van der Waals surface area contributed by atoms with E-state index in [0.717, 1.165) is 16.9 Å². The van der Waals surface area contributed by atoms with Crippen molar-refractivity contribution < 1.29 is 33.6 Å². The third kappa shape index (κ3) is 5.93. The Labute approximate surface area is 147 Å². The molecule has 25 heavy (non-hydrogen) atoms. The molecule has 0 saturated heterocycles. The van der Waals surface area contributed by atoms with Crippen molar-refractivity contribution in [2.75, 3.05) is 0 Å². The lowest BCUT2D eigenvalue weighted by Crippen LogP contribution is -2.68. The fourth-order valence-electron chi connectivity index (χ4n) is 2.20. The van der Waals surface area contributed by atoms with E-state index in [9.17, 15) is 0 Å². The monoisotopic (exact) mass is 363 g/mol. The van der Waals surface area contributed by atoms with E-state index in [4.69, 9.17) is 18.6 Å². The Balaban J connectivity index is 0.000000399. The Bertz CT molecular complexity index is 819. The topological polar surface area (TPSA) is 114 Å². The van der Waals surface area contributed by atoms with E-state index in [-0.39, 0.29) is 0 Å². The van der Waals surface area contributed by atoms with Crippen LogP contribution in [0.4, 0.5) is 0 Å². The maximum Gasteiger partial charge on any atom is 0.249 e. The average molecular weight is 364 g/mol. The number of aromatic nitrogens is 3. The Morgan fingerprint density at radius 2 is 1.28 bits per heavy atom. The molecule has 0 amide bonds. The first-order valence-corrected chi connectivity index (χ1v) is 8.59. The third-order valence-electron chi connectivity index (χ3n) is 3.42. The van der Waals surface area contributed by atoms with Gasteiger partial charge in [-0.15, -0.1) is 10.2 Å². The number of aryl methyl sites for hydroxylation is 3. The number of rotatable bonds is 2. The molecule has 132 valence electrons. The van der Waals surface area contributed by atoms with Gasteiger partial charge in [-0.1, -0.05) is 47.5 Å². The predicted octanol–water partition coefficient (Wildman–Crippen LogP) is -1.78. The van der Waals surface area contributed by atoms with Gasteiger partial charge in [0, 0.05) is 5.56 Å². The molecule has 0 N–H and O–H groups in total. The van der Waals surface area contributed by atoms with Gasteiger partial charge in [0.25, 0.3) is 0 Å². The highest BCUT2D eigenvalue weighted by atomic mass is 35.7. The van der Waals surface area contributed by atoms with Crippen LogP contribution in [0.5, 0.6) is 0 Å². The van der Waals surface area contributed by atoms with Crippen LogP contribution in [0.3, 0.4) is 0 Å². The molecule has 0 aliphatic rings. The van der Waals surface area contributed by atoms with Gasteiger partial charge in [0.15, 0.2) is 6.20 Å². The molecular formula is C17H18ClN3O4. The van der Waals surface area contributed by atoms with Gasteiger partial charge in [-0.2, -0.15) is 4.68 Å². The summed E-state index contributed by atoms with van der Waals surface area (Å²) in [5, 5.41) is 4.69. The second-order valence-electron chi connectivity index (χ2n) is 5.56. The highest BCUT2D eigenvalue weighted by Crippen LogP contribution is 2.17. The minimum Gasteiger partial charge on any atom is -0.222 e. The van der Waals surface area contributed by atoms with Crippen molar-refractivity contribution in [2.24, 2.45) is 7.05 Å².